The Labute approximate surface area is 147 Å². The molecular weight excluding hydrogens is 355 g/mol. The van der Waals surface area contributed by atoms with Gasteiger partial charge < -0.3 is 15.5 Å². The van der Waals surface area contributed by atoms with E-state index in [4.69, 9.17) is 5.73 Å². The number of nitrogens with two attached hydrogens (primary N) is 1. The van der Waals surface area contributed by atoms with E-state index in [2.05, 4.69) is 0 Å². The van der Waals surface area contributed by atoms with Crippen molar-refractivity contribution in [1.29, 1.82) is 0 Å². The van der Waals surface area contributed by atoms with E-state index in [-0.39, 0.29) is 22.6 Å². The highest BCUT2D eigenvalue weighted by Gasteiger charge is 2.28. The first kappa shape index (κ1) is 19.2. The van der Waals surface area contributed by atoms with Crippen molar-refractivity contribution >= 4 is 29.8 Å². The fraction of sp³-hybridized carbons (Fsp3) is 0.375. The minimum absolute atomic E-state index is 0.0926. The van der Waals surface area contributed by atoms with Crippen LogP contribution in [-0.4, -0.2) is 53.4 Å². The highest BCUT2D eigenvalue weighted by atomic mass is 32.2. The third kappa shape index (κ3) is 6.33. The Bertz CT molecular complexity index is 647. The maximum atomic E-state index is 12.3. The van der Waals surface area contributed by atoms with E-state index < -0.39 is 11.5 Å². The molecule has 25 heavy (non-hydrogen) atoms. The zero-order valence-corrected chi connectivity index (χ0v) is 14.1. The summed E-state index contributed by atoms with van der Waals surface area (Å²) in [4.78, 5) is 26.6. The molecule has 2 rings (SSSR count). The highest BCUT2D eigenvalue weighted by molar-refractivity contribution is 8.00. The van der Waals surface area contributed by atoms with Gasteiger partial charge in [-0.1, -0.05) is 12.1 Å². The summed E-state index contributed by atoms with van der Waals surface area (Å²) < 4.78 is 36.8. The largest absolute Gasteiger partial charge is 0.446 e. The highest BCUT2D eigenvalue weighted by Crippen LogP contribution is 2.36. The Kier molecular flexibility index (Phi) is 6.35. The predicted molar refractivity (Wildman–Crippen MR) is 89.7 cm³/mol. The van der Waals surface area contributed by atoms with Crippen LogP contribution in [0.1, 0.15) is 12.0 Å². The van der Waals surface area contributed by atoms with Crippen molar-refractivity contribution < 1.29 is 22.8 Å². The molecule has 0 unspecified atom stereocenters. The molecule has 0 saturated carbocycles. The van der Waals surface area contributed by atoms with Gasteiger partial charge in [-0.25, -0.2) is 4.79 Å². The summed E-state index contributed by atoms with van der Waals surface area (Å²) >= 11 is -0.180. The monoisotopic (exact) mass is 373 g/mol. The smallest absolute Gasteiger partial charge is 0.351 e. The number of thioether (sulfide) groups is 1. The Balaban J connectivity index is 1.92. The molecule has 3 amide bonds. The number of urea groups is 1. The number of hydrogen-bond acceptors (Lipinski definition) is 3. The van der Waals surface area contributed by atoms with Crippen molar-refractivity contribution in [2.75, 3.05) is 26.2 Å². The summed E-state index contributed by atoms with van der Waals surface area (Å²) in [6.45, 7) is 1.82. The van der Waals surface area contributed by atoms with Gasteiger partial charge in [-0.05, 0) is 42.0 Å². The van der Waals surface area contributed by atoms with Crippen LogP contribution in [0.5, 0.6) is 0 Å². The van der Waals surface area contributed by atoms with Crippen molar-refractivity contribution in [1.82, 2.24) is 9.80 Å². The van der Waals surface area contributed by atoms with Gasteiger partial charge in [-0.15, -0.1) is 0 Å². The fourth-order valence-electron chi connectivity index (χ4n) is 2.41. The van der Waals surface area contributed by atoms with Gasteiger partial charge in [0.15, 0.2) is 0 Å². The maximum Gasteiger partial charge on any atom is 0.446 e. The van der Waals surface area contributed by atoms with Crippen molar-refractivity contribution in [3.05, 3.63) is 35.9 Å². The lowest BCUT2D eigenvalue weighted by molar-refractivity contribution is -0.125. The molecule has 9 heteroatoms. The van der Waals surface area contributed by atoms with Crippen LogP contribution in [0.15, 0.2) is 35.2 Å². The molecule has 2 N–H and O–H groups in total. The van der Waals surface area contributed by atoms with Crippen molar-refractivity contribution in [2.45, 2.75) is 16.8 Å². The van der Waals surface area contributed by atoms with Gasteiger partial charge in [0.2, 0.25) is 5.91 Å². The number of carbonyl (C=O) groups is 2. The average molecular weight is 373 g/mol. The van der Waals surface area contributed by atoms with Crippen LogP contribution in [0, 0.1) is 0 Å². The molecule has 1 saturated heterocycles. The number of amides is 3. The second kappa shape index (κ2) is 8.28. The summed E-state index contributed by atoms with van der Waals surface area (Å²) in [6, 6.07) is 5.27. The van der Waals surface area contributed by atoms with Crippen molar-refractivity contribution in [3.63, 3.8) is 0 Å². The van der Waals surface area contributed by atoms with Gasteiger partial charge in [0, 0.05) is 37.2 Å². The topological polar surface area (TPSA) is 66.6 Å². The van der Waals surface area contributed by atoms with Crippen molar-refractivity contribution in [3.8, 4) is 0 Å². The Morgan fingerprint density at radius 1 is 1.04 bits per heavy atom. The molecule has 1 aliphatic rings. The van der Waals surface area contributed by atoms with Crippen LogP contribution in [0.2, 0.25) is 0 Å². The van der Waals surface area contributed by atoms with E-state index in [1.807, 2.05) is 0 Å². The summed E-state index contributed by atoms with van der Waals surface area (Å²) in [5.74, 6) is -0.208. The molecule has 136 valence electrons. The number of halogens is 3. The predicted octanol–water partition coefficient (Wildman–Crippen LogP) is 2.92. The van der Waals surface area contributed by atoms with Gasteiger partial charge in [0.1, 0.15) is 0 Å². The number of benzene rings is 1. The minimum Gasteiger partial charge on any atom is -0.351 e. The summed E-state index contributed by atoms with van der Waals surface area (Å²) in [7, 11) is 0. The third-order valence-corrected chi connectivity index (χ3v) is 4.39. The molecule has 0 bridgehead atoms. The number of rotatable bonds is 3. The molecule has 1 aromatic rings. The minimum atomic E-state index is -4.32. The average Bonchev–Trinajstić information content (AvgIpc) is 2.78. The summed E-state index contributed by atoms with van der Waals surface area (Å²) in [5.41, 5.74) is 1.55. The van der Waals surface area contributed by atoms with Crippen LogP contribution < -0.4 is 5.73 Å². The molecule has 1 aromatic carbocycles. The number of alkyl halides is 3. The van der Waals surface area contributed by atoms with Gasteiger partial charge in [0.05, 0.1) is 0 Å². The lowest BCUT2D eigenvalue weighted by atomic mass is 10.2. The number of nitrogens with zero attached hydrogens (tertiary/aromatic N) is 2. The maximum absolute atomic E-state index is 12.3. The van der Waals surface area contributed by atoms with E-state index >= 15 is 0 Å². The normalized spacial score (nSPS) is 16.1. The van der Waals surface area contributed by atoms with Crippen LogP contribution in [0.4, 0.5) is 18.0 Å². The standard InChI is InChI=1S/C16H18F3N3O2S/c17-16(18,19)25-13-5-2-12(3-6-13)4-7-14(23)21-8-1-9-22(11-10-21)15(20)24/h2-7H,1,8-11H2,(H2,20,24)/b7-4+. The third-order valence-electron chi connectivity index (χ3n) is 3.65. The molecule has 0 aromatic heterocycles. The first-order valence-corrected chi connectivity index (χ1v) is 8.43. The molecule has 1 fully saturated rings. The van der Waals surface area contributed by atoms with E-state index in [9.17, 15) is 22.8 Å². The quantitative estimate of drug-likeness (QED) is 0.654. The fourth-order valence-corrected chi connectivity index (χ4v) is 2.95. The summed E-state index contributed by atoms with van der Waals surface area (Å²) in [5, 5.41) is 0. The zero-order valence-electron chi connectivity index (χ0n) is 13.3. The van der Waals surface area contributed by atoms with E-state index in [1.165, 1.54) is 35.2 Å². The Morgan fingerprint density at radius 3 is 2.24 bits per heavy atom. The molecule has 0 atom stereocenters. The van der Waals surface area contributed by atoms with E-state index in [0.29, 0.717) is 38.2 Å². The number of carbonyl (C=O) groups excluding carboxylic acids is 2. The molecule has 5 nitrogen and oxygen atoms in total. The van der Waals surface area contributed by atoms with Crippen LogP contribution in [-0.2, 0) is 4.79 Å². The lowest BCUT2D eigenvalue weighted by Crippen LogP contribution is -2.39. The lowest BCUT2D eigenvalue weighted by Gasteiger charge is -2.19. The number of hydrogen-bond donors (Lipinski definition) is 1. The van der Waals surface area contributed by atoms with E-state index in [0.717, 1.165) is 0 Å². The van der Waals surface area contributed by atoms with Gasteiger partial charge >= 0.3 is 11.5 Å². The van der Waals surface area contributed by atoms with Gasteiger partial charge in [-0.3, -0.25) is 4.79 Å². The molecule has 0 spiro atoms. The molecule has 0 aliphatic carbocycles. The Hall–Kier alpha value is -2.16. The molecular formula is C16H18F3N3O2S. The van der Waals surface area contributed by atoms with E-state index in [1.54, 1.807) is 11.0 Å². The SMILES string of the molecule is NC(=O)N1CCCN(C(=O)/C=C/c2ccc(SC(F)(F)F)cc2)CC1. The zero-order chi connectivity index (χ0) is 18.4. The van der Waals surface area contributed by atoms with Gasteiger partial charge in [0.25, 0.3) is 0 Å². The molecule has 1 heterocycles. The van der Waals surface area contributed by atoms with Crippen LogP contribution in [0.3, 0.4) is 0 Å². The molecule has 1 aliphatic heterocycles. The van der Waals surface area contributed by atoms with Crippen LogP contribution >= 0.6 is 11.8 Å². The first-order chi connectivity index (χ1) is 11.7. The van der Waals surface area contributed by atoms with Crippen molar-refractivity contribution in [2.24, 2.45) is 5.73 Å². The van der Waals surface area contributed by atoms with Crippen LogP contribution in [0.25, 0.3) is 6.08 Å². The summed E-state index contributed by atoms with van der Waals surface area (Å²) in [6.07, 6.45) is 3.58. The second-order valence-corrected chi connectivity index (χ2v) is 6.59. The first-order valence-electron chi connectivity index (χ1n) is 7.62. The second-order valence-electron chi connectivity index (χ2n) is 5.45. The molecule has 0 radical (unpaired) electrons. The number of primary amides is 1. The Morgan fingerprint density at radius 2 is 1.64 bits per heavy atom. The van der Waals surface area contributed by atoms with Gasteiger partial charge in [-0.2, -0.15) is 13.2 Å².